The number of hydrogen-bond donors (Lipinski definition) is 2. The fourth-order valence-electron chi connectivity index (χ4n) is 2.78. The van der Waals surface area contributed by atoms with Crippen LogP contribution < -0.4 is 5.32 Å². The van der Waals surface area contributed by atoms with Crippen molar-refractivity contribution in [3.63, 3.8) is 0 Å². The summed E-state index contributed by atoms with van der Waals surface area (Å²) in [6.45, 7) is 2.01. The van der Waals surface area contributed by atoms with Gasteiger partial charge in [0.2, 0.25) is 0 Å². The molecule has 2 N–H and O–H groups in total. The summed E-state index contributed by atoms with van der Waals surface area (Å²) in [5.41, 5.74) is 1.14. The Labute approximate surface area is 128 Å². The highest BCUT2D eigenvalue weighted by atomic mass is 16.3. The molecule has 3 rings (SSSR count). The summed E-state index contributed by atoms with van der Waals surface area (Å²) in [5, 5.41) is 2.90. The summed E-state index contributed by atoms with van der Waals surface area (Å²) >= 11 is 0. The van der Waals surface area contributed by atoms with Crippen molar-refractivity contribution < 1.29 is 14.0 Å². The average molecular weight is 301 g/mol. The third kappa shape index (κ3) is 3.21. The Morgan fingerprint density at radius 2 is 2.32 bits per heavy atom. The van der Waals surface area contributed by atoms with Crippen molar-refractivity contribution in [2.45, 2.75) is 12.8 Å². The first-order valence-electron chi connectivity index (χ1n) is 7.47. The molecule has 1 aliphatic rings. The number of carbonyl (C=O) groups is 2. The van der Waals surface area contributed by atoms with E-state index < -0.39 is 0 Å². The lowest BCUT2D eigenvalue weighted by atomic mass is 9.97. The van der Waals surface area contributed by atoms with Crippen molar-refractivity contribution in [2.24, 2.45) is 5.92 Å². The SMILES string of the molecule is O=C(NCC1CCCN(C(=O)c2ccc[nH]2)C1)c1ccoc1. The zero-order valence-corrected chi connectivity index (χ0v) is 12.2. The van der Waals surface area contributed by atoms with E-state index in [4.69, 9.17) is 4.42 Å². The number of rotatable bonds is 4. The van der Waals surface area contributed by atoms with E-state index >= 15 is 0 Å². The van der Waals surface area contributed by atoms with E-state index in [9.17, 15) is 9.59 Å². The van der Waals surface area contributed by atoms with Crippen molar-refractivity contribution in [2.75, 3.05) is 19.6 Å². The highest BCUT2D eigenvalue weighted by Gasteiger charge is 2.25. The zero-order chi connectivity index (χ0) is 15.4. The fraction of sp³-hybridized carbons (Fsp3) is 0.375. The predicted octanol–water partition coefficient (Wildman–Crippen LogP) is 1.89. The highest BCUT2D eigenvalue weighted by Crippen LogP contribution is 2.18. The number of likely N-dealkylation sites (tertiary alicyclic amines) is 1. The van der Waals surface area contributed by atoms with Crippen molar-refractivity contribution in [3.05, 3.63) is 48.2 Å². The molecule has 1 aliphatic heterocycles. The molecule has 2 aromatic heterocycles. The quantitative estimate of drug-likeness (QED) is 0.905. The van der Waals surface area contributed by atoms with Gasteiger partial charge in [-0.3, -0.25) is 9.59 Å². The van der Waals surface area contributed by atoms with Gasteiger partial charge in [0.1, 0.15) is 12.0 Å². The molecule has 116 valence electrons. The van der Waals surface area contributed by atoms with Gasteiger partial charge in [-0.2, -0.15) is 0 Å². The number of carbonyl (C=O) groups excluding carboxylic acids is 2. The summed E-state index contributed by atoms with van der Waals surface area (Å²) in [6, 6.07) is 5.24. The molecule has 6 nitrogen and oxygen atoms in total. The summed E-state index contributed by atoms with van der Waals surface area (Å²) in [4.78, 5) is 29.0. The van der Waals surface area contributed by atoms with Gasteiger partial charge in [-0.1, -0.05) is 0 Å². The minimum absolute atomic E-state index is 0.0239. The second-order valence-electron chi connectivity index (χ2n) is 5.57. The third-order valence-electron chi connectivity index (χ3n) is 3.97. The van der Waals surface area contributed by atoms with Crippen LogP contribution in [0.3, 0.4) is 0 Å². The Kier molecular flexibility index (Phi) is 4.27. The molecule has 2 amide bonds. The van der Waals surface area contributed by atoms with Crippen LogP contribution in [-0.2, 0) is 0 Å². The van der Waals surface area contributed by atoms with Crippen LogP contribution in [0.15, 0.2) is 41.3 Å². The van der Waals surface area contributed by atoms with E-state index in [2.05, 4.69) is 10.3 Å². The molecule has 0 aromatic carbocycles. The number of aromatic amines is 1. The van der Waals surface area contributed by atoms with E-state index in [0.29, 0.717) is 24.3 Å². The molecule has 1 saturated heterocycles. The van der Waals surface area contributed by atoms with E-state index in [0.717, 1.165) is 19.4 Å². The second-order valence-corrected chi connectivity index (χ2v) is 5.57. The minimum atomic E-state index is -0.137. The number of nitrogens with one attached hydrogen (secondary N) is 2. The van der Waals surface area contributed by atoms with Crippen LogP contribution in [-0.4, -0.2) is 41.3 Å². The van der Waals surface area contributed by atoms with E-state index in [-0.39, 0.29) is 17.7 Å². The molecule has 22 heavy (non-hydrogen) atoms. The number of aromatic nitrogens is 1. The van der Waals surface area contributed by atoms with Crippen LogP contribution in [0.25, 0.3) is 0 Å². The summed E-state index contributed by atoms with van der Waals surface area (Å²) in [6.07, 6.45) is 6.63. The minimum Gasteiger partial charge on any atom is -0.472 e. The summed E-state index contributed by atoms with van der Waals surface area (Å²) in [5.74, 6) is 0.168. The van der Waals surface area contributed by atoms with E-state index in [1.54, 1.807) is 18.3 Å². The molecule has 0 aliphatic carbocycles. The molecule has 0 saturated carbocycles. The molecule has 1 unspecified atom stereocenters. The number of amides is 2. The van der Waals surface area contributed by atoms with Crippen molar-refractivity contribution in [1.29, 1.82) is 0 Å². The largest absolute Gasteiger partial charge is 0.472 e. The lowest BCUT2D eigenvalue weighted by Crippen LogP contribution is -2.43. The molecule has 0 radical (unpaired) electrons. The molecule has 0 bridgehead atoms. The Bertz CT molecular complexity index is 619. The van der Waals surface area contributed by atoms with Crippen LogP contribution in [0.4, 0.5) is 0 Å². The van der Waals surface area contributed by atoms with Gasteiger partial charge in [-0.05, 0) is 37.0 Å². The van der Waals surface area contributed by atoms with Gasteiger partial charge in [0.05, 0.1) is 11.8 Å². The molecular weight excluding hydrogens is 282 g/mol. The van der Waals surface area contributed by atoms with Crippen molar-refractivity contribution in [1.82, 2.24) is 15.2 Å². The van der Waals surface area contributed by atoms with Crippen LogP contribution in [0.5, 0.6) is 0 Å². The number of nitrogens with zero attached hydrogens (tertiary/aromatic N) is 1. The number of piperidine rings is 1. The topological polar surface area (TPSA) is 78.3 Å². The molecule has 1 atom stereocenters. The third-order valence-corrected chi connectivity index (χ3v) is 3.97. The average Bonchev–Trinajstić information content (AvgIpc) is 3.25. The maximum absolute atomic E-state index is 12.3. The lowest BCUT2D eigenvalue weighted by molar-refractivity contribution is 0.0665. The number of hydrogen-bond acceptors (Lipinski definition) is 3. The first kappa shape index (κ1) is 14.4. The smallest absolute Gasteiger partial charge is 0.270 e. The van der Waals surface area contributed by atoms with Gasteiger partial charge >= 0.3 is 0 Å². The zero-order valence-electron chi connectivity index (χ0n) is 12.2. The van der Waals surface area contributed by atoms with Crippen LogP contribution in [0.1, 0.15) is 33.7 Å². The second kappa shape index (κ2) is 6.51. The fourth-order valence-corrected chi connectivity index (χ4v) is 2.78. The van der Waals surface area contributed by atoms with Crippen LogP contribution in [0, 0.1) is 5.92 Å². The molecule has 2 aromatic rings. The summed E-state index contributed by atoms with van der Waals surface area (Å²) < 4.78 is 4.90. The predicted molar refractivity (Wildman–Crippen MR) is 80.5 cm³/mol. The van der Waals surface area contributed by atoms with E-state index in [1.165, 1.54) is 12.5 Å². The van der Waals surface area contributed by atoms with Gasteiger partial charge in [0, 0.05) is 25.8 Å². The van der Waals surface area contributed by atoms with Crippen molar-refractivity contribution in [3.8, 4) is 0 Å². The summed E-state index contributed by atoms with van der Waals surface area (Å²) in [7, 11) is 0. The van der Waals surface area contributed by atoms with Crippen LogP contribution >= 0.6 is 0 Å². The molecular formula is C16H19N3O3. The molecule has 6 heteroatoms. The maximum atomic E-state index is 12.3. The Balaban J connectivity index is 1.52. The first-order valence-corrected chi connectivity index (χ1v) is 7.47. The Hall–Kier alpha value is -2.50. The molecule has 1 fully saturated rings. The molecule has 3 heterocycles. The number of H-pyrrole nitrogens is 1. The van der Waals surface area contributed by atoms with E-state index in [1.807, 2.05) is 11.0 Å². The van der Waals surface area contributed by atoms with Gasteiger partial charge in [-0.15, -0.1) is 0 Å². The van der Waals surface area contributed by atoms with Crippen LogP contribution in [0.2, 0.25) is 0 Å². The first-order chi connectivity index (χ1) is 10.7. The van der Waals surface area contributed by atoms with Gasteiger partial charge < -0.3 is 19.6 Å². The van der Waals surface area contributed by atoms with Gasteiger partial charge in [0.15, 0.2) is 0 Å². The standard InChI is InChI=1S/C16H19N3O3/c20-15(13-5-8-22-11-13)18-9-12-3-2-7-19(10-12)16(21)14-4-1-6-17-14/h1,4-6,8,11-12,17H,2-3,7,9-10H2,(H,18,20). The number of furan rings is 1. The maximum Gasteiger partial charge on any atom is 0.270 e. The Morgan fingerprint density at radius 3 is 3.05 bits per heavy atom. The molecule has 0 spiro atoms. The normalized spacial score (nSPS) is 18.2. The lowest BCUT2D eigenvalue weighted by Gasteiger charge is -2.32. The van der Waals surface area contributed by atoms with Crippen molar-refractivity contribution >= 4 is 11.8 Å². The van der Waals surface area contributed by atoms with Gasteiger partial charge in [-0.25, -0.2) is 0 Å². The highest BCUT2D eigenvalue weighted by molar-refractivity contribution is 5.94. The van der Waals surface area contributed by atoms with Gasteiger partial charge in [0.25, 0.3) is 11.8 Å². The Morgan fingerprint density at radius 1 is 1.41 bits per heavy atom. The monoisotopic (exact) mass is 301 g/mol.